The van der Waals surface area contributed by atoms with Gasteiger partial charge in [0.1, 0.15) is 0 Å². The molecule has 0 aliphatic heterocycles. The highest BCUT2D eigenvalue weighted by Gasteiger charge is 2.15. The Balaban J connectivity index is 2.08. The molecule has 0 aromatic heterocycles. The monoisotopic (exact) mass is 417 g/mol. The van der Waals surface area contributed by atoms with Crippen molar-refractivity contribution in [2.75, 3.05) is 0 Å². The lowest BCUT2D eigenvalue weighted by molar-refractivity contribution is 1.63. The van der Waals surface area contributed by atoms with Crippen molar-refractivity contribution in [1.82, 2.24) is 0 Å². The average molecular weight is 418 g/mol. The van der Waals surface area contributed by atoms with Crippen LogP contribution in [0.1, 0.15) is 12.3 Å². The van der Waals surface area contributed by atoms with Crippen molar-refractivity contribution in [1.29, 1.82) is 0 Å². The molecule has 0 aliphatic rings. The smallest absolute Gasteiger partial charge is 0.0622 e. The predicted molar refractivity (Wildman–Crippen MR) is 120 cm³/mol. The lowest BCUT2D eigenvalue weighted by Gasteiger charge is -2.17. The van der Waals surface area contributed by atoms with Gasteiger partial charge in [-0.05, 0) is 55.9 Å². The standard InChI is InChI=1S/C26H17Br/c27-20-16-14-19(15-17-20)26-23-12-6-4-10-21(23)25(18-8-2-1-3-9-18)22-11-5-7-13-24(22)26/h1-17H/i1D,2D,3D,8D,9D,14D,15D,16D,17D. The summed E-state index contributed by atoms with van der Waals surface area (Å²) in [5, 5.41) is 2.32. The zero-order valence-electron chi connectivity index (χ0n) is 23.0. The maximum atomic E-state index is 8.68. The molecule has 0 bridgehead atoms. The molecule has 0 N–H and O–H groups in total. The van der Waals surface area contributed by atoms with E-state index in [-0.39, 0.29) is 51.9 Å². The fraction of sp³-hybridized carbons (Fsp3) is 0. The Morgan fingerprint density at radius 3 is 1.37 bits per heavy atom. The molecule has 0 fully saturated rings. The largest absolute Gasteiger partial charge is 0.0635 e. The number of hydrogen-bond acceptors (Lipinski definition) is 0. The third-order valence-corrected chi connectivity index (χ3v) is 4.92. The first-order valence-corrected chi connectivity index (χ1v) is 9.14. The molecule has 5 rings (SSSR count). The number of halogens is 1. The Morgan fingerprint density at radius 1 is 0.519 bits per heavy atom. The van der Waals surface area contributed by atoms with Gasteiger partial charge in [0, 0.05) is 4.47 Å². The fourth-order valence-corrected chi connectivity index (χ4v) is 3.66. The fourth-order valence-electron chi connectivity index (χ4n) is 3.46. The molecule has 5 aromatic carbocycles. The third kappa shape index (κ3) is 2.75. The minimum Gasteiger partial charge on any atom is -0.0622 e. The zero-order chi connectivity index (χ0) is 26.0. The van der Waals surface area contributed by atoms with E-state index in [0.717, 1.165) is 0 Å². The van der Waals surface area contributed by atoms with E-state index in [1.807, 2.05) is 0 Å². The highest BCUT2D eigenvalue weighted by atomic mass is 79.9. The van der Waals surface area contributed by atoms with E-state index >= 15 is 0 Å². The van der Waals surface area contributed by atoms with Crippen LogP contribution in [0, 0.1) is 0 Å². The van der Waals surface area contributed by atoms with Crippen LogP contribution in [0.15, 0.2) is 107 Å². The molecule has 0 saturated carbocycles. The Kier molecular flexibility index (Phi) is 2.31. The molecular weight excluding hydrogens is 392 g/mol. The summed E-state index contributed by atoms with van der Waals surface area (Å²) in [5.74, 6) is 0. The predicted octanol–water partition coefficient (Wildman–Crippen LogP) is 8.09. The third-order valence-electron chi connectivity index (χ3n) is 4.53. The van der Waals surface area contributed by atoms with E-state index < -0.39 is 18.1 Å². The maximum absolute atomic E-state index is 8.68. The number of rotatable bonds is 2. The number of fused-ring (bicyclic) bond motifs is 2. The van der Waals surface area contributed by atoms with Gasteiger partial charge in [0.05, 0.1) is 12.3 Å². The van der Waals surface area contributed by atoms with Crippen LogP contribution in [0.25, 0.3) is 43.8 Å². The summed E-state index contributed by atoms with van der Waals surface area (Å²) in [6.45, 7) is 0. The molecule has 128 valence electrons. The van der Waals surface area contributed by atoms with Gasteiger partial charge in [0.2, 0.25) is 0 Å². The summed E-state index contributed by atoms with van der Waals surface area (Å²) >= 11 is 3.16. The first-order chi connectivity index (χ1) is 17.1. The molecule has 5 aromatic rings. The van der Waals surface area contributed by atoms with Crippen molar-refractivity contribution >= 4 is 37.5 Å². The highest BCUT2D eigenvalue weighted by molar-refractivity contribution is 9.10. The van der Waals surface area contributed by atoms with Gasteiger partial charge in [0.15, 0.2) is 0 Å². The summed E-state index contributed by atoms with van der Waals surface area (Å²) in [4.78, 5) is 0. The average Bonchev–Trinajstić information content (AvgIpc) is 2.89. The molecule has 0 nitrogen and oxygen atoms in total. The topological polar surface area (TPSA) is 0 Å². The summed E-state index contributed by atoms with van der Waals surface area (Å²) < 4.78 is 75.7. The van der Waals surface area contributed by atoms with E-state index in [1.54, 1.807) is 48.5 Å². The van der Waals surface area contributed by atoms with Crippen LogP contribution in [-0.2, 0) is 0 Å². The van der Waals surface area contributed by atoms with Gasteiger partial charge in [-0.1, -0.05) is 107 Å². The molecule has 0 aliphatic carbocycles. The second-order valence-corrected chi connectivity index (χ2v) is 6.82. The van der Waals surface area contributed by atoms with Gasteiger partial charge in [0.25, 0.3) is 0 Å². The quantitative estimate of drug-likeness (QED) is 0.254. The van der Waals surface area contributed by atoms with Crippen LogP contribution in [0.3, 0.4) is 0 Å². The van der Waals surface area contributed by atoms with Gasteiger partial charge in [-0.15, -0.1) is 0 Å². The van der Waals surface area contributed by atoms with E-state index in [1.165, 1.54) is 0 Å². The van der Waals surface area contributed by atoms with Crippen LogP contribution in [0.2, 0.25) is 0 Å². The van der Waals surface area contributed by atoms with Gasteiger partial charge < -0.3 is 0 Å². The molecule has 27 heavy (non-hydrogen) atoms. The molecule has 0 saturated heterocycles. The highest BCUT2D eigenvalue weighted by Crippen LogP contribution is 2.43. The van der Waals surface area contributed by atoms with Crippen LogP contribution >= 0.6 is 15.9 Å². The van der Waals surface area contributed by atoms with Gasteiger partial charge in [-0.3, -0.25) is 0 Å². The van der Waals surface area contributed by atoms with E-state index in [0.29, 0.717) is 32.7 Å². The Hall–Kier alpha value is -2.90. The van der Waals surface area contributed by atoms with Crippen molar-refractivity contribution in [2.24, 2.45) is 0 Å². The lowest BCUT2D eigenvalue weighted by Crippen LogP contribution is -1.90. The Morgan fingerprint density at radius 2 is 0.926 bits per heavy atom. The summed E-state index contributed by atoms with van der Waals surface area (Å²) in [5.41, 5.74) is 1.14. The normalized spacial score (nSPS) is 15.8. The van der Waals surface area contributed by atoms with Crippen molar-refractivity contribution in [3.8, 4) is 22.3 Å². The second-order valence-electron chi connectivity index (χ2n) is 6.03. The van der Waals surface area contributed by atoms with Crippen molar-refractivity contribution < 1.29 is 12.3 Å². The molecule has 0 radical (unpaired) electrons. The minimum absolute atomic E-state index is 0.0651. The molecule has 0 unspecified atom stereocenters. The Labute approximate surface area is 179 Å². The van der Waals surface area contributed by atoms with Crippen LogP contribution < -0.4 is 0 Å². The first-order valence-electron chi connectivity index (χ1n) is 12.8. The van der Waals surface area contributed by atoms with Gasteiger partial charge in [-0.2, -0.15) is 0 Å². The van der Waals surface area contributed by atoms with Gasteiger partial charge in [-0.25, -0.2) is 0 Å². The molecule has 0 atom stereocenters. The van der Waals surface area contributed by atoms with E-state index in [9.17, 15) is 0 Å². The summed E-state index contributed by atoms with van der Waals surface area (Å²) in [6.07, 6.45) is 0. The molecular formula is C26H17Br. The van der Waals surface area contributed by atoms with Crippen molar-refractivity contribution in [3.63, 3.8) is 0 Å². The lowest BCUT2D eigenvalue weighted by atomic mass is 9.86. The number of hydrogen-bond donors (Lipinski definition) is 0. The first kappa shape index (κ1) is 9.34. The molecule has 0 amide bonds. The molecule has 0 heterocycles. The maximum Gasteiger partial charge on any atom is 0.0635 e. The molecule has 1 heteroatoms. The Bertz CT molecular complexity index is 1500. The van der Waals surface area contributed by atoms with Crippen LogP contribution in [-0.4, -0.2) is 0 Å². The SMILES string of the molecule is [2H]c1c([2H])c([2H])c(-c2c3ccccc3c(-c3c([2H])c([2H])c(Br)c([2H])c3[2H])c3ccccc23)c([2H])c1[2H]. The second kappa shape index (κ2) is 6.68. The molecule has 0 spiro atoms. The summed E-state index contributed by atoms with van der Waals surface area (Å²) in [6, 6.07) is 11.4. The summed E-state index contributed by atoms with van der Waals surface area (Å²) in [7, 11) is 0. The minimum atomic E-state index is -0.475. The number of benzene rings is 5. The zero-order valence-corrected chi connectivity index (χ0v) is 15.6. The van der Waals surface area contributed by atoms with Gasteiger partial charge >= 0.3 is 0 Å². The van der Waals surface area contributed by atoms with Crippen LogP contribution in [0.4, 0.5) is 0 Å². The van der Waals surface area contributed by atoms with Crippen LogP contribution in [0.5, 0.6) is 0 Å². The van der Waals surface area contributed by atoms with Crippen molar-refractivity contribution in [3.05, 3.63) is 107 Å². The van der Waals surface area contributed by atoms with E-state index in [2.05, 4.69) is 15.9 Å². The van der Waals surface area contributed by atoms with Crippen molar-refractivity contribution in [2.45, 2.75) is 0 Å². The van der Waals surface area contributed by atoms with E-state index in [4.69, 9.17) is 12.3 Å².